The van der Waals surface area contributed by atoms with Gasteiger partial charge in [0, 0.05) is 19.8 Å². The number of rotatable bonds is 4. The molecule has 0 radical (unpaired) electrons. The zero-order valence-corrected chi connectivity index (χ0v) is 9.42. The van der Waals surface area contributed by atoms with Gasteiger partial charge in [0.2, 0.25) is 0 Å². The molecule has 5 nitrogen and oxygen atoms in total. The van der Waals surface area contributed by atoms with Crippen molar-refractivity contribution in [2.45, 2.75) is 12.1 Å². The van der Waals surface area contributed by atoms with E-state index in [4.69, 9.17) is 16.6 Å². The molecule has 0 heterocycles. The molecular formula is C11H17N3O2. The molecule has 2 atom stereocenters. The van der Waals surface area contributed by atoms with Gasteiger partial charge in [-0.3, -0.25) is 4.79 Å². The summed E-state index contributed by atoms with van der Waals surface area (Å²) in [6.45, 7) is 0. The maximum atomic E-state index is 10.7. The third-order valence-corrected chi connectivity index (χ3v) is 2.47. The average Bonchev–Trinajstić information content (AvgIpc) is 2.27. The molecule has 2 unspecified atom stereocenters. The number of aliphatic carboxylic acids is 1. The lowest BCUT2D eigenvalue weighted by atomic mass is 10.0. The second-order valence-electron chi connectivity index (χ2n) is 3.88. The second-order valence-corrected chi connectivity index (χ2v) is 3.88. The van der Waals surface area contributed by atoms with Crippen LogP contribution in [0.25, 0.3) is 0 Å². The Kier molecular flexibility index (Phi) is 3.87. The Hall–Kier alpha value is -1.59. The van der Waals surface area contributed by atoms with E-state index in [9.17, 15) is 4.79 Å². The maximum Gasteiger partial charge on any atom is 0.322 e. The molecule has 0 spiro atoms. The lowest BCUT2D eigenvalue weighted by Gasteiger charge is -2.18. The summed E-state index contributed by atoms with van der Waals surface area (Å²) in [5.41, 5.74) is 13.0. The normalized spacial score (nSPS) is 14.2. The minimum absolute atomic E-state index is 0.686. The Morgan fingerprint density at radius 2 is 1.75 bits per heavy atom. The van der Waals surface area contributed by atoms with Crippen LogP contribution in [0.2, 0.25) is 0 Å². The summed E-state index contributed by atoms with van der Waals surface area (Å²) in [5.74, 6) is -1.09. The van der Waals surface area contributed by atoms with E-state index in [0.717, 1.165) is 11.3 Å². The third-order valence-electron chi connectivity index (χ3n) is 2.47. The molecule has 0 aliphatic carbocycles. The molecular weight excluding hydrogens is 206 g/mol. The molecule has 0 amide bonds. The van der Waals surface area contributed by atoms with Gasteiger partial charge in [0.15, 0.2) is 0 Å². The van der Waals surface area contributed by atoms with Gasteiger partial charge in [-0.15, -0.1) is 0 Å². The molecule has 0 saturated heterocycles. The Balaban J connectivity index is 2.85. The number of carboxylic acids is 1. The fourth-order valence-corrected chi connectivity index (χ4v) is 1.36. The Morgan fingerprint density at radius 1 is 1.25 bits per heavy atom. The molecule has 0 saturated carbocycles. The molecule has 5 N–H and O–H groups in total. The molecule has 1 aromatic carbocycles. The topological polar surface area (TPSA) is 92.6 Å². The van der Waals surface area contributed by atoms with E-state index in [2.05, 4.69) is 0 Å². The third kappa shape index (κ3) is 2.71. The predicted molar refractivity (Wildman–Crippen MR) is 63.3 cm³/mol. The van der Waals surface area contributed by atoms with Gasteiger partial charge in [-0.05, 0) is 17.7 Å². The van der Waals surface area contributed by atoms with Crippen LogP contribution in [0.4, 0.5) is 5.69 Å². The number of nitrogens with two attached hydrogens (primary N) is 2. The van der Waals surface area contributed by atoms with Gasteiger partial charge in [-0.25, -0.2) is 0 Å². The van der Waals surface area contributed by atoms with Crippen LogP contribution >= 0.6 is 0 Å². The van der Waals surface area contributed by atoms with Crippen molar-refractivity contribution in [3.63, 3.8) is 0 Å². The Morgan fingerprint density at radius 3 is 2.12 bits per heavy atom. The molecule has 0 aliphatic rings. The molecule has 0 fully saturated rings. The first-order chi connectivity index (χ1) is 7.43. The zero-order chi connectivity index (χ0) is 12.3. The summed E-state index contributed by atoms with van der Waals surface area (Å²) >= 11 is 0. The van der Waals surface area contributed by atoms with Crippen LogP contribution in [-0.2, 0) is 4.79 Å². The van der Waals surface area contributed by atoms with Gasteiger partial charge < -0.3 is 21.5 Å². The summed E-state index contributed by atoms with van der Waals surface area (Å²) in [5, 5.41) is 8.74. The summed E-state index contributed by atoms with van der Waals surface area (Å²) in [6.07, 6.45) is 0. The second kappa shape index (κ2) is 4.96. The average molecular weight is 223 g/mol. The highest BCUT2D eigenvalue weighted by Gasteiger charge is 2.21. The first-order valence-corrected chi connectivity index (χ1v) is 4.94. The summed E-state index contributed by atoms with van der Waals surface area (Å²) in [4.78, 5) is 12.6. The lowest BCUT2D eigenvalue weighted by molar-refractivity contribution is -0.139. The van der Waals surface area contributed by atoms with Crippen molar-refractivity contribution in [3.8, 4) is 0 Å². The van der Waals surface area contributed by atoms with Gasteiger partial charge in [-0.1, -0.05) is 12.1 Å². The summed E-state index contributed by atoms with van der Waals surface area (Å²) < 4.78 is 0. The van der Waals surface area contributed by atoms with E-state index in [1.807, 2.05) is 31.1 Å². The molecule has 16 heavy (non-hydrogen) atoms. The maximum absolute atomic E-state index is 10.7. The van der Waals surface area contributed by atoms with Gasteiger partial charge in [0.05, 0.1) is 6.04 Å². The summed E-state index contributed by atoms with van der Waals surface area (Å²) in [6, 6.07) is 5.58. The highest BCUT2D eigenvalue weighted by atomic mass is 16.4. The number of nitrogens with zero attached hydrogens (tertiary/aromatic N) is 1. The van der Waals surface area contributed by atoms with Crippen LogP contribution in [0.15, 0.2) is 24.3 Å². The monoisotopic (exact) mass is 223 g/mol. The number of hydrogen-bond donors (Lipinski definition) is 3. The summed E-state index contributed by atoms with van der Waals surface area (Å²) in [7, 11) is 3.86. The van der Waals surface area contributed by atoms with E-state index >= 15 is 0 Å². The predicted octanol–water partition coefficient (Wildman–Crippen LogP) is 0.164. The van der Waals surface area contributed by atoms with Crippen LogP contribution in [0.1, 0.15) is 11.6 Å². The van der Waals surface area contributed by atoms with Crippen molar-refractivity contribution >= 4 is 11.7 Å². The first-order valence-electron chi connectivity index (χ1n) is 4.94. The van der Waals surface area contributed by atoms with Crippen molar-refractivity contribution in [3.05, 3.63) is 29.8 Å². The molecule has 1 aromatic rings. The van der Waals surface area contributed by atoms with E-state index in [-0.39, 0.29) is 0 Å². The van der Waals surface area contributed by atoms with Crippen molar-refractivity contribution in [1.29, 1.82) is 0 Å². The molecule has 88 valence electrons. The zero-order valence-electron chi connectivity index (χ0n) is 9.42. The Labute approximate surface area is 94.7 Å². The van der Waals surface area contributed by atoms with E-state index in [1.54, 1.807) is 12.1 Å². The number of anilines is 1. The molecule has 0 aromatic heterocycles. The van der Waals surface area contributed by atoms with E-state index in [1.165, 1.54) is 0 Å². The van der Waals surface area contributed by atoms with Crippen LogP contribution in [0.3, 0.4) is 0 Å². The molecule has 5 heteroatoms. The number of hydrogen-bond acceptors (Lipinski definition) is 4. The van der Waals surface area contributed by atoms with Crippen LogP contribution in [0.5, 0.6) is 0 Å². The van der Waals surface area contributed by atoms with Crippen LogP contribution in [-0.4, -0.2) is 31.2 Å². The Bertz CT molecular complexity index is 362. The van der Waals surface area contributed by atoms with E-state index in [0.29, 0.717) is 0 Å². The van der Waals surface area contributed by atoms with Gasteiger partial charge >= 0.3 is 5.97 Å². The SMILES string of the molecule is CN(C)c1ccc(C(N)C(N)C(=O)O)cc1. The lowest BCUT2D eigenvalue weighted by Crippen LogP contribution is -2.40. The van der Waals surface area contributed by atoms with Gasteiger partial charge in [0.1, 0.15) is 6.04 Å². The van der Waals surface area contributed by atoms with Crippen LogP contribution < -0.4 is 16.4 Å². The quantitative estimate of drug-likeness (QED) is 0.676. The number of benzene rings is 1. The highest BCUT2D eigenvalue weighted by molar-refractivity contribution is 5.74. The fraction of sp³-hybridized carbons (Fsp3) is 0.364. The fourth-order valence-electron chi connectivity index (χ4n) is 1.36. The molecule has 1 rings (SSSR count). The van der Waals surface area contributed by atoms with Gasteiger partial charge in [-0.2, -0.15) is 0 Å². The number of carboxylic acid groups (broad SMARTS) is 1. The largest absolute Gasteiger partial charge is 0.480 e. The van der Waals surface area contributed by atoms with Crippen molar-refractivity contribution in [2.75, 3.05) is 19.0 Å². The van der Waals surface area contributed by atoms with Crippen molar-refractivity contribution in [1.82, 2.24) is 0 Å². The van der Waals surface area contributed by atoms with Crippen LogP contribution in [0, 0.1) is 0 Å². The highest BCUT2D eigenvalue weighted by Crippen LogP contribution is 2.18. The smallest absolute Gasteiger partial charge is 0.322 e. The molecule has 0 aliphatic heterocycles. The molecule has 0 bridgehead atoms. The van der Waals surface area contributed by atoms with E-state index < -0.39 is 18.1 Å². The van der Waals surface area contributed by atoms with Crippen molar-refractivity contribution in [2.24, 2.45) is 11.5 Å². The first kappa shape index (κ1) is 12.5. The minimum atomic E-state index is -1.09. The standard InChI is InChI=1S/C11H17N3O2/c1-14(2)8-5-3-7(4-6-8)9(12)10(13)11(15)16/h3-6,9-10H,12-13H2,1-2H3,(H,15,16). The van der Waals surface area contributed by atoms with Gasteiger partial charge in [0.25, 0.3) is 0 Å². The minimum Gasteiger partial charge on any atom is -0.480 e. The number of carbonyl (C=O) groups is 1. The van der Waals surface area contributed by atoms with Crippen molar-refractivity contribution < 1.29 is 9.90 Å².